The lowest BCUT2D eigenvalue weighted by molar-refractivity contribution is 0.598. The van der Waals surface area contributed by atoms with Crippen LogP contribution in [0.5, 0.6) is 0 Å². The Hall–Kier alpha value is -3.42. The molecule has 7 heteroatoms. The van der Waals surface area contributed by atoms with Gasteiger partial charge in [-0.25, -0.2) is 18.2 Å². The zero-order valence-corrected chi connectivity index (χ0v) is 16.6. The van der Waals surface area contributed by atoms with E-state index in [1.807, 2.05) is 72.3 Å². The topological polar surface area (TPSA) is 90.0 Å². The van der Waals surface area contributed by atoms with Gasteiger partial charge in [-0.2, -0.15) is 0 Å². The van der Waals surface area contributed by atoms with Gasteiger partial charge in [-0.3, -0.25) is 0 Å². The fraction of sp³-hybridized carbons (Fsp3) is 0.0455. The van der Waals surface area contributed by atoms with E-state index in [9.17, 15) is 8.42 Å². The van der Waals surface area contributed by atoms with Gasteiger partial charge in [0.05, 0.1) is 16.3 Å². The highest BCUT2D eigenvalue weighted by Crippen LogP contribution is 2.32. The van der Waals surface area contributed by atoms with Crippen LogP contribution in [0.4, 0.5) is 11.5 Å². The molecule has 0 bridgehead atoms. The summed E-state index contributed by atoms with van der Waals surface area (Å²) in [6, 6.07) is 26.1. The Kier molecular flexibility index (Phi) is 4.92. The highest BCUT2D eigenvalue weighted by atomic mass is 32.2. The van der Waals surface area contributed by atoms with Crippen molar-refractivity contribution in [1.29, 1.82) is 0 Å². The van der Waals surface area contributed by atoms with Crippen molar-refractivity contribution in [1.82, 2.24) is 9.78 Å². The van der Waals surface area contributed by atoms with Crippen molar-refractivity contribution in [3.63, 3.8) is 0 Å². The van der Waals surface area contributed by atoms with Crippen LogP contribution in [-0.4, -0.2) is 18.2 Å². The van der Waals surface area contributed by atoms with Crippen LogP contribution in [-0.2, 0) is 10.0 Å². The van der Waals surface area contributed by atoms with Gasteiger partial charge in [0, 0.05) is 16.8 Å². The molecule has 3 N–H and O–H groups in total. The molecule has 0 unspecified atom stereocenters. The molecule has 0 fully saturated rings. The minimum Gasteiger partial charge on any atom is -0.339 e. The van der Waals surface area contributed by atoms with Crippen LogP contribution in [0.15, 0.2) is 89.8 Å². The van der Waals surface area contributed by atoms with Crippen LogP contribution in [0, 0.1) is 6.92 Å². The largest absolute Gasteiger partial charge is 0.339 e. The first kappa shape index (κ1) is 18.9. The van der Waals surface area contributed by atoms with E-state index in [-0.39, 0.29) is 4.90 Å². The second-order valence-electron chi connectivity index (χ2n) is 6.63. The second kappa shape index (κ2) is 7.54. The Labute approximate surface area is 169 Å². The number of hydrogen-bond donors (Lipinski definition) is 2. The number of primary sulfonamides is 1. The second-order valence-corrected chi connectivity index (χ2v) is 8.19. The third-order valence-electron chi connectivity index (χ3n) is 4.62. The smallest absolute Gasteiger partial charge is 0.238 e. The van der Waals surface area contributed by atoms with Crippen LogP contribution < -0.4 is 10.5 Å². The summed E-state index contributed by atoms with van der Waals surface area (Å²) in [6.45, 7) is 2.01. The quantitative estimate of drug-likeness (QED) is 0.521. The molecule has 29 heavy (non-hydrogen) atoms. The van der Waals surface area contributed by atoms with Gasteiger partial charge in [-0.1, -0.05) is 48.5 Å². The molecule has 0 amide bonds. The van der Waals surface area contributed by atoms with Crippen LogP contribution in [0.25, 0.3) is 16.9 Å². The van der Waals surface area contributed by atoms with Crippen molar-refractivity contribution in [2.45, 2.75) is 11.8 Å². The van der Waals surface area contributed by atoms with Gasteiger partial charge >= 0.3 is 0 Å². The number of anilines is 2. The van der Waals surface area contributed by atoms with Gasteiger partial charge in [-0.15, -0.1) is 5.10 Å². The predicted octanol–water partition coefficient (Wildman–Crippen LogP) is 4.24. The molecule has 0 atom stereocenters. The molecule has 0 aliphatic carbocycles. The fourth-order valence-electron chi connectivity index (χ4n) is 3.17. The highest BCUT2D eigenvalue weighted by molar-refractivity contribution is 7.89. The third kappa shape index (κ3) is 3.91. The van der Waals surface area contributed by atoms with Crippen molar-refractivity contribution in [3.05, 3.63) is 90.5 Å². The first-order valence-corrected chi connectivity index (χ1v) is 10.6. The molecule has 3 aromatic carbocycles. The molecular formula is C22H20N4O2S. The molecular weight excluding hydrogens is 384 g/mol. The summed E-state index contributed by atoms with van der Waals surface area (Å²) in [4.78, 5) is 0.0639. The van der Waals surface area contributed by atoms with Gasteiger partial charge in [0.2, 0.25) is 10.0 Å². The van der Waals surface area contributed by atoms with E-state index in [4.69, 9.17) is 10.2 Å². The minimum absolute atomic E-state index is 0.0639. The lowest BCUT2D eigenvalue weighted by Crippen LogP contribution is -2.12. The Balaban J connectivity index is 1.85. The average molecular weight is 404 g/mol. The third-order valence-corrected chi connectivity index (χ3v) is 5.55. The summed E-state index contributed by atoms with van der Waals surface area (Å²) in [5.74, 6) is 0.727. The van der Waals surface area contributed by atoms with Crippen molar-refractivity contribution in [3.8, 4) is 16.9 Å². The normalized spacial score (nSPS) is 11.4. The standard InChI is InChI=1S/C22H20N4O2S/c1-16-21(17-8-4-2-5-9-17)26(19-12-14-20(15-13-19)29(23,27)28)25-22(16)24-18-10-6-3-7-11-18/h2-15H,1H3,(H,24,25)(H2,23,27,28). The monoisotopic (exact) mass is 404 g/mol. The molecule has 146 valence electrons. The number of hydrogen-bond acceptors (Lipinski definition) is 4. The van der Waals surface area contributed by atoms with E-state index in [1.165, 1.54) is 12.1 Å². The predicted molar refractivity (Wildman–Crippen MR) is 115 cm³/mol. The van der Waals surface area contributed by atoms with E-state index < -0.39 is 10.0 Å². The molecule has 0 saturated carbocycles. The number of para-hydroxylation sites is 1. The highest BCUT2D eigenvalue weighted by Gasteiger charge is 2.18. The maximum Gasteiger partial charge on any atom is 0.238 e. The van der Waals surface area contributed by atoms with Crippen molar-refractivity contribution in [2.24, 2.45) is 5.14 Å². The van der Waals surface area contributed by atoms with Crippen molar-refractivity contribution < 1.29 is 8.42 Å². The van der Waals surface area contributed by atoms with Gasteiger partial charge in [0.15, 0.2) is 5.82 Å². The molecule has 4 aromatic rings. The summed E-state index contributed by atoms with van der Waals surface area (Å²) in [5, 5.41) is 13.3. The lowest BCUT2D eigenvalue weighted by atomic mass is 10.1. The molecule has 0 aliphatic heterocycles. The zero-order chi connectivity index (χ0) is 20.4. The fourth-order valence-corrected chi connectivity index (χ4v) is 3.69. The van der Waals surface area contributed by atoms with Gasteiger partial charge in [0.25, 0.3) is 0 Å². The summed E-state index contributed by atoms with van der Waals surface area (Å²) in [5.41, 5.74) is 4.59. The van der Waals surface area contributed by atoms with E-state index >= 15 is 0 Å². The zero-order valence-electron chi connectivity index (χ0n) is 15.8. The van der Waals surface area contributed by atoms with Gasteiger partial charge in [-0.05, 0) is 43.3 Å². The van der Waals surface area contributed by atoms with E-state index in [2.05, 4.69) is 5.32 Å². The summed E-state index contributed by atoms with van der Waals surface area (Å²) >= 11 is 0. The van der Waals surface area contributed by atoms with Crippen LogP contribution in [0.3, 0.4) is 0 Å². The number of benzene rings is 3. The molecule has 0 spiro atoms. The van der Waals surface area contributed by atoms with Crippen LogP contribution in [0.1, 0.15) is 5.56 Å². The van der Waals surface area contributed by atoms with E-state index in [0.717, 1.165) is 34.0 Å². The number of nitrogens with one attached hydrogen (secondary N) is 1. The van der Waals surface area contributed by atoms with Crippen LogP contribution in [0.2, 0.25) is 0 Å². The Morgan fingerprint density at radius 3 is 2.03 bits per heavy atom. The number of rotatable bonds is 5. The first-order valence-electron chi connectivity index (χ1n) is 9.04. The number of nitrogens with two attached hydrogens (primary N) is 1. The first-order chi connectivity index (χ1) is 13.9. The lowest BCUT2D eigenvalue weighted by Gasteiger charge is -2.09. The molecule has 0 saturated heterocycles. The molecule has 1 heterocycles. The molecule has 1 aromatic heterocycles. The van der Waals surface area contributed by atoms with Crippen molar-refractivity contribution in [2.75, 3.05) is 5.32 Å². The Morgan fingerprint density at radius 1 is 0.862 bits per heavy atom. The molecule has 0 radical (unpaired) electrons. The number of sulfonamides is 1. The summed E-state index contributed by atoms with van der Waals surface area (Å²) in [6.07, 6.45) is 0. The van der Waals surface area contributed by atoms with Gasteiger partial charge in [0.1, 0.15) is 0 Å². The number of aromatic nitrogens is 2. The Bertz CT molecular complexity index is 1230. The SMILES string of the molecule is Cc1c(Nc2ccccc2)nn(-c2ccc(S(N)(=O)=O)cc2)c1-c1ccccc1. The maximum absolute atomic E-state index is 11.6. The van der Waals surface area contributed by atoms with Crippen LogP contribution >= 0.6 is 0 Å². The number of nitrogens with zero attached hydrogens (tertiary/aromatic N) is 2. The minimum atomic E-state index is -3.75. The maximum atomic E-state index is 11.6. The average Bonchev–Trinajstić information content (AvgIpc) is 3.05. The molecule has 6 nitrogen and oxygen atoms in total. The molecule has 4 rings (SSSR count). The Morgan fingerprint density at radius 2 is 1.45 bits per heavy atom. The summed E-state index contributed by atoms with van der Waals surface area (Å²) in [7, 11) is -3.75. The van der Waals surface area contributed by atoms with E-state index in [1.54, 1.807) is 12.1 Å². The van der Waals surface area contributed by atoms with E-state index in [0.29, 0.717) is 0 Å². The summed E-state index contributed by atoms with van der Waals surface area (Å²) < 4.78 is 25.0. The van der Waals surface area contributed by atoms with Gasteiger partial charge < -0.3 is 5.32 Å². The van der Waals surface area contributed by atoms with Crippen molar-refractivity contribution >= 4 is 21.5 Å². The molecule has 0 aliphatic rings.